The molecule has 2 aromatic carbocycles. The van der Waals surface area contributed by atoms with Crippen molar-refractivity contribution < 1.29 is 24.8 Å². The van der Waals surface area contributed by atoms with Gasteiger partial charge in [0.25, 0.3) is 11.8 Å². The molecule has 0 unspecified atom stereocenters. The molecule has 0 fully saturated rings. The third-order valence-corrected chi connectivity index (χ3v) is 4.55. The summed E-state index contributed by atoms with van der Waals surface area (Å²) in [4.78, 5) is 35.8. The number of hydrogen-bond acceptors (Lipinski definition) is 7. The van der Waals surface area contributed by atoms with Gasteiger partial charge in [0, 0.05) is 28.9 Å². The summed E-state index contributed by atoms with van der Waals surface area (Å²) in [6.07, 6.45) is 0. The maximum atomic E-state index is 12.4. The summed E-state index contributed by atoms with van der Waals surface area (Å²) in [7, 11) is 0. The number of benzene rings is 2. The minimum atomic E-state index is -1.15. The number of rotatable bonds is 8. The lowest BCUT2D eigenvalue weighted by molar-refractivity contribution is -0.137. The predicted octanol–water partition coefficient (Wildman–Crippen LogP) is 0.687. The first-order chi connectivity index (χ1) is 15.7. The first-order valence-electron chi connectivity index (χ1n) is 10.2. The molecule has 174 valence electrons. The summed E-state index contributed by atoms with van der Waals surface area (Å²) in [5.41, 5.74) is 9.30. The van der Waals surface area contributed by atoms with Crippen molar-refractivity contribution >= 4 is 23.4 Å². The molecular weight excluding hydrogens is 426 g/mol. The zero-order valence-corrected chi connectivity index (χ0v) is 18.3. The Morgan fingerprint density at radius 3 is 2.03 bits per heavy atom. The van der Waals surface area contributed by atoms with Gasteiger partial charge in [0.15, 0.2) is 0 Å². The molecule has 0 aromatic heterocycles. The summed E-state index contributed by atoms with van der Waals surface area (Å²) in [6.45, 7) is 3.32. The van der Waals surface area contributed by atoms with E-state index in [1.807, 2.05) is 0 Å². The molecule has 2 rings (SSSR count). The molecule has 0 radical (unpaired) electrons. The van der Waals surface area contributed by atoms with Gasteiger partial charge in [-0.3, -0.25) is 19.6 Å². The molecule has 2 aromatic rings. The second-order valence-electron chi connectivity index (χ2n) is 7.19. The third-order valence-electron chi connectivity index (χ3n) is 4.55. The molecule has 0 aliphatic rings. The molecule has 10 heteroatoms. The minimum absolute atomic E-state index is 0.189. The number of hydroxylamine groups is 3. The minimum Gasteiger partial charge on any atom is -0.339 e. The van der Waals surface area contributed by atoms with Crippen LogP contribution >= 0.6 is 0 Å². The number of nitrogens with two attached hydrogens (primary N) is 1. The fourth-order valence-corrected chi connectivity index (χ4v) is 2.60. The van der Waals surface area contributed by atoms with E-state index < -0.39 is 23.9 Å². The largest absolute Gasteiger partial charge is 0.339 e. The lowest BCUT2D eigenvalue weighted by Crippen LogP contribution is -2.51. The van der Waals surface area contributed by atoms with Crippen LogP contribution in [0.5, 0.6) is 0 Å². The number of nitrogens with zero attached hydrogens (tertiary/aromatic N) is 1. The van der Waals surface area contributed by atoms with Crippen LogP contribution in [0.25, 0.3) is 0 Å². The van der Waals surface area contributed by atoms with Gasteiger partial charge in [0.1, 0.15) is 6.04 Å². The average Bonchev–Trinajstić information content (AvgIpc) is 2.82. The second kappa shape index (κ2) is 12.3. The highest BCUT2D eigenvalue weighted by Crippen LogP contribution is 2.10. The summed E-state index contributed by atoms with van der Waals surface area (Å²) < 4.78 is 0. The van der Waals surface area contributed by atoms with Crippen molar-refractivity contribution in [3.8, 4) is 11.8 Å². The molecule has 0 saturated carbocycles. The van der Waals surface area contributed by atoms with Crippen molar-refractivity contribution in [2.45, 2.75) is 25.9 Å². The molecule has 0 aliphatic carbocycles. The van der Waals surface area contributed by atoms with Gasteiger partial charge >= 0.3 is 0 Å². The summed E-state index contributed by atoms with van der Waals surface area (Å²) in [5, 5.41) is 24.5. The first kappa shape index (κ1) is 25.5. The zero-order valence-electron chi connectivity index (χ0n) is 18.3. The maximum Gasteiger partial charge on any atom is 0.267 e. The Morgan fingerprint density at radius 1 is 1.00 bits per heavy atom. The smallest absolute Gasteiger partial charge is 0.267 e. The Balaban J connectivity index is 2.02. The molecular formula is C23H27N5O5. The summed E-state index contributed by atoms with van der Waals surface area (Å²) in [6, 6.07) is 11.6. The van der Waals surface area contributed by atoms with E-state index in [1.165, 1.54) is 5.48 Å². The fraction of sp³-hybridized carbons (Fsp3) is 0.261. The standard InChI is InChI=1S/C23H27N5O5/c1-3-28(33)14-20(23(31)27-32)26-22(30)18-10-6-16(7-11-18)4-5-17-8-12-19(13-9-17)25-21(29)15(2)24/h6-13,15,20,32-33H,3,14,24H2,1-2H3,(H,25,29)(H,26,30)(H,27,31)/t15-,20-/m0/s1. The van der Waals surface area contributed by atoms with Crippen LogP contribution in [-0.4, -0.2) is 58.4 Å². The Labute approximate surface area is 191 Å². The van der Waals surface area contributed by atoms with Crippen LogP contribution in [0.4, 0.5) is 5.69 Å². The quantitative estimate of drug-likeness (QED) is 0.195. The van der Waals surface area contributed by atoms with Gasteiger partial charge in [0.2, 0.25) is 5.91 Å². The Morgan fingerprint density at radius 2 is 1.55 bits per heavy atom. The van der Waals surface area contributed by atoms with Crippen LogP contribution in [0, 0.1) is 11.8 Å². The third kappa shape index (κ3) is 8.03. The lowest BCUT2D eigenvalue weighted by atomic mass is 10.1. The van der Waals surface area contributed by atoms with E-state index >= 15 is 0 Å². The van der Waals surface area contributed by atoms with Crippen molar-refractivity contribution in [3.63, 3.8) is 0 Å². The number of anilines is 1. The van der Waals surface area contributed by atoms with Crippen molar-refractivity contribution in [1.29, 1.82) is 0 Å². The van der Waals surface area contributed by atoms with Crippen LogP contribution in [-0.2, 0) is 9.59 Å². The average molecular weight is 453 g/mol. The molecule has 10 nitrogen and oxygen atoms in total. The highest BCUT2D eigenvalue weighted by molar-refractivity contribution is 5.97. The van der Waals surface area contributed by atoms with Gasteiger partial charge in [-0.25, -0.2) is 5.48 Å². The molecule has 7 N–H and O–H groups in total. The number of carbonyl (C=O) groups excluding carboxylic acids is 3. The highest BCUT2D eigenvalue weighted by atomic mass is 16.5. The van der Waals surface area contributed by atoms with Gasteiger partial charge in [0.05, 0.1) is 12.6 Å². The number of nitrogens with one attached hydrogen (secondary N) is 3. The van der Waals surface area contributed by atoms with E-state index in [0.717, 1.165) is 10.6 Å². The second-order valence-corrected chi connectivity index (χ2v) is 7.19. The van der Waals surface area contributed by atoms with E-state index in [9.17, 15) is 19.6 Å². The van der Waals surface area contributed by atoms with Crippen LogP contribution in [0.3, 0.4) is 0 Å². The topological polar surface area (TPSA) is 157 Å². The van der Waals surface area contributed by atoms with Gasteiger partial charge < -0.3 is 21.6 Å². The zero-order chi connectivity index (χ0) is 24.4. The molecule has 0 aliphatic heterocycles. The number of hydrogen-bond donors (Lipinski definition) is 6. The molecule has 33 heavy (non-hydrogen) atoms. The van der Waals surface area contributed by atoms with Gasteiger partial charge in [-0.1, -0.05) is 18.8 Å². The fourth-order valence-electron chi connectivity index (χ4n) is 2.60. The Kier molecular flexibility index (Phi) is 9.53. The normalized spacial score (nSPS) is 12.2. The first-order valence-corrected chi connectivity index (χ1v) is 10.2. The van der Waals surface area contributed by atoms with Crippen molar-refractivity contribution in [1.82, 2.24) is 15.9 Å². The van der Waals surface area contributed by atoms with Crippen LogP contribution in [0.1, 0.15) is 35.3 Å². The summed E-state index contributed by atoms with van der Waals surface area (Å²) in [5.74, 6) is 4.31. The number of amides is 3. The van der Waals surface area contributed by atoms with E-state index in [1.54, 1.807) is 62.4 Å². The van der Waals surface area contributed by atoms with Crippen molar-refractivity contribution in [2.24, 2.45) is 5.73 Å². The van der Waals surface area contributed by atoms with Crippen molar-refractivity contribution in [3.05, 3.63) is 65.2 Å². The van der Waals surface area contributed by atoms with Crippen LogP contribution in [0.2, 0.25) is 0 Å². The highest BCUT2D eigenvalue weighted by Gasteiger charge is 2.23. The maximum absolute atomic E-state index is 12.4. The Bertz CT molecular complexity index is 1030. The van der Waals surface area contributed by atoms with Gasteiger partial charge in [-0.2, -0.15) is 5.06 Å². The molecule has 0 heterocycles. The monoisotopic (exact) mass is 453 g/mol. The molecule has 0 saturated heterocycles. The lowest BCUT2D eigenvalue weighted by Gasteiger charge is -2.21. The van der Waals surface area contributed by atoms with E-state index in [-0.39, 0.29) is 24.6 Å². The van der Waals surface area contributed by atoms with Crippen molar-refractivity contribution in [2.75, 3.05) is 18.4 Å². The van der Waals surface area contributed by atoms with Gasteiger partial charge in [-0.05, 0) is 55.5 Å². The van der Waals surface area contributed by atoms with E-state index in [4.69, 9.17) is 10.9 Å². The van der Waals surface area contributed by atoms with Gasteiger partial charge in [-0.15, -0.1) is 0 Å². The predicted molar refractivity (Wildman–Crippen MR) is 121 cm³/mol. The van der Waals surface area contributed by atoms with E-state index in [2.05, 4.69) is 22.5 Å². The van der Waals surface area contributed by atoms with Crippen LogP contribution in [0.15, 0.2) is 48.5 Å². The molecule has 3 amide bonds. The SMILES string of the molecule is CCN(O)C[C@H](NC(=O)c1ccc(C#Cc2ccc(NC(=O)[C@H](C)N)cc2)cc1)C(=O)NO. The molecule has 0 bridgehead atoms. The summed E-state index contributed by atoms with van der Waals surface area (Å²) >= 11 is 0. The molecule has 2 atom stereocenters. The Hall–Kier alpha value is -3.75. The molecule has 0 spiro atoms. The number of likely N-dealkylation sites (N-methyl/N-ethyl adjacent to an activating group) is 1. The van der Waals surface area contributed by atoms with Crippen LogP contribution < -0.4 is 21.8 Å². The van der Waals surface area contributed by atoms with E-state index in [0.29, 0.717) is 11.3 Å². The number of carbonyl (C=O) groups is 3.